The summed E-state index contributed by atoms with van der Waals surface area (Å²) in [5.74, 6) is -1.98. The SMILES string of the molecule is O=C(O)Cc1ccc(C(CC(=O)O)c2ccccc2)cc1. The van der Waals surface area contributed by atoms with Gasteiger partial charge in [-0.1, -0.05) is 54.6 Å². The predicted molar refractivity (Wildman–Crippen MR) is 78.3 cm³/mol. The number of carboxylic acids is 2. The Bertz CT molecular complexity index is 617. The van der Waals surface area contributed by atoms with Crippen LogP contribution in [-0.2, 0) is 16.0 Å². The van der Waals surface area contributed by atoms with Gasteiger partial charge in [-0.25, -0.2) is 0 Å². The molecule has 1 unspecified atom stereocenters. The fourth-order valence-corrected chi connectivity index (χ4v) is 2.33. The molecule has 4 heteroatoms. The Labute approximate surface area is 122 Å². The highest BCUT2D eigenvalue weighted by Gasteiger charge is 2.17. The van der Waals surface area contributed by atoms with Crippen molar-refractivity contribution in [3.05, 3.63) is 71.3 Å². The summed E-state index contributed by atoms with van der Waals surface area (Å²) in [6, 6.07) is 16.5. The van der Waals surface area contributed by atoms with Gasteiger partial charge in [0.15, 0.2) is 0 Å². The number of hydrogen-bond donors (Lipinski definition) is 2. The quantitative estimate of drug-likeness (QED) is 0.855. The fourth-order valence-electron chi connectivity index (χ4n) is 2.33. The molecule has 2 rings (SSSR count). The first-order valence-electron chi connectivity index (χ1n) is 6.63. The van der Waals surface area contributed by atoms with Crippen molar-refractivity contribution >= 4 is 11.9 Å². The van der Waals surface area contributed by atoms with E-state index in [0.717, 1.165) is 11.1 Å². The molecule has 0 aliphatic carbocycles. The van der Waals surface area contributed by atoms with Gasteiger partial charge < -0.3 is 10.2 Å². The highest BCUT2D eigenvalue weighted by Crippen LogP contribution is 2.28. The molecular formula is C17H16O4. The maximum Gasteiger partial charge on any atom is 0.307 e. The third kappa shape index (κ3) is 4.18. The van der Waals surface area contributed by atoms with Gasteiger partial charge in [-0.2, -0.15) is 0 Å². The smallest absolute Gasteiger partial charge is 0.307 e. The Morgan fingerprint density at radius 3 is 1.90 bits per heavy atom. The number of benzene rings is 2. The molecule has 0 spiro atoms. The average molecular weight is 284 g/mol. The van der Waals surface area contributed by atoms with Crippen molar-refractivity contribution in [1.82, 2.24) is 0 Å². The third-order valence-electron chi connectivity index (χ3n) is 3.32. The van der Waals surface area contributed by atoms with Crippen LogP contribution < -0.4 is 0 Å². The average Bonchev–Trinajstić information content (AvgIpc) is 2.46. The van der Waals surface area contributed by atoms with E-state index in [4.69, 9.17) is 10.2 Å². The third-order valence-corrected chi connectivity index (χ3v) is 3.32. The highest BCUT2D eigenvalue weighted by atomic mass is 16.4. The molecule has 2 aromatic rings. The van der Waals surface area contributed by atoms with Gasteiger partial charge in [-0.15, -0.1) is 0 Å². The van der Waals surface area contributed by atoms with Crippen LogP contribution in [0.5, 0.6) is 0 Å². The Morgan fingerprint density at radius 2 is 1.38 bits per heavy atom. The van der Waals surface area contributed by atoms with E-state index in [1.165, 1.54) is 0 Å². The normalized spacial score (nSPS) is 11.8. The maximum absolute atomic E-state index is 11.1. The predicted octanol–water partition coefficient (Wildman–Crippen LogP) is 2.92. The minimum absolute atomic E-state index is 0.00227. The molecule has 0 aromatic heterocycles. The first kappa shape index (κ1) is 14.8. The van der Waals surface area contributed by atoms with Gasteiger partial charge >= 0.3 is 11.9 Å². The van der Waals surface area contributed by atoms with E-state index in [0.29, 0.717) is 5.56 Å². The van der Waals surface area contributed by atoms with Crippen LogP contribution in [0.25, 0.3) is 0 Å². The lowest BCUT2D eigenvalue weighted by atomic mass is 9.88. The zero-order valence-electron chi connectivity index (χ0n) is 11.4. The van der Waals surface area contributed by atoms with Gasteiger partial charge in [0.25, 0.3) is 0 Å². The molecule has 0 bridgehead atoms. The molecule has 0 heterocycles. The Morgan fingerprint density at radius 1 is 0.810 bits per heavy atom. The van der Waals surface area contributed by atoms with Crippen LogP contribution in [-0.4, -0.2) is 22.2 Å². The van der Waals surface area contributed by atoms with Crippen LogP contribution in [0.2, 0.25) is 0 Å². The summed E-state index contributed by atoms with van der Waals surface area (Å²) in [7, 11) is 0. The standard InChI is InChI=1S/C17H16O4/c18-16(19)10-12-6-8-14(9-7-12)15(11-17(20)21)13-4-2-1-3-5-13/h1-9,15H,10-11H2,(H,18,19)(H,20,21). The molecule has 0 saturated carbocycles. The fraction of sp³-hybridized carbons (Fsp3) is 0.176. The molecule has 0 fully saturated rings. The van der Waals surface area contributed by atoms with Crippen LogP contribution in [0, 0.1) is 0 Å². The Balaban J connectivity index is 2.29. The van der Waals surface area contributed by atoms with Crippen molar-refractivity contribution in [2.45, 2.75) is 18.8 Å². The summed E-state index contributed by atoms with van der Waals surface area (Å²) in [6.45, 7) is 0. The van der Waals surface area contributed by atoms with E-state index < -0.39 is 11.9 Å². The number of carboxylic acid groups (broad SMARTS) is 2. The molecule has 4 nitrogen and oxygen atoms in total. The van der Waals surface area contributed by atoms with E-state index in [-0.39, 0.29) is 18.8 Å². The summed E-state index contributed by atoms with van der Waals surface area (Å²) in [6.07, 6.45) is -0.0303. The second-order valence-electron chi connectivity index (χ2n) is 4.87. The highest BCUT2D eigenvalue weighted by molar-refractivity contribution is 5.70. The monoisotopic (exact) mass is 284 g/mol. The van der Waals surface area contributed by atoms with Crippen molar-refractivity contribution in [3.8, 4) is 0 Å². The summed E-state index contributed by atoms with van der Waals surface area (Å²) >= 11 is 0. The van der Waals surface area contributed by atoms with Crippen LogP contribution in [0.4, 0.5) is 0 Å². The summed E-state index contributed by atoms with van der Waals surface area (Å²) in [5, 5.41) is 17.9. The molecule has 0 amide bonds. The number of carbonyl (C=O) groups is 2. The van der Waals surface area contributed by atoms with Crippen molar-refractivity contribution in [3.63, 3.8) is 0 Å². The summed E-state index contributed by atoms with van der Waals surface area (Å²) in [4.78, 5) is 21.8. The van der Waals surface area contributed by atoms with Gasteiger partial charge in [0.2, 0.25) is 0 Å². The van der Waals surface area contributed by atoms with Gasteiger partial charge in [-0.3, -0.25) is 9.59 Å². The first-order chi connectivity index (χ1) is 10.1. The van der Waals surface area contributed by atoms with Gasteiger partial charge in [0.05, 0.1) is 12.8 Å². The lowest BCUT2D eigenvalue weighted by Gasteiger charge is -2.16. The van der Waals surface area contributed by atoms with Crippen LogP contribution >= 0.6 is 0 Å². The minimum Gasteiger partial charge on any atom is -0.481 e. The molecule has 21 heavy (non-hydrogen) atoms. The molecule has 1 atom stereocenters. The topological polar surface area (TPSA) is 74.6 Å². The van der Waals surface area contributed by atoms with Crippen molar-refractivity contribution in [2.24, 2.45) is 0 Å². The number of aliphatic carboxylic acids is 2. The molecule has 2 aromatic carbocycles. The first-order valence-corrected chi connectivity index (χ1v) is 6.63. The molecular weight excluding hydrogens is 268 g/mol. The van der Waals surface area contributed by atoms with Gasteiger partial charge in [0.1, 0.15) is 0 Å². The molecule has 108 valence electrons. The molecule has 0 radical (unpaired) electrons. The molecule has 2 N–H and O–H groups in total. The molecule has 0 aliphatic heterocycles. The molecule has 0 aliphatic rings. The van der Waals surface area contributed by atoms with Crippen molar-refractivity contribution in [2.75, 3.05) is 0 Å². The molecule has 0 saturated heterocycles. The maximum atomic E-state index is 11.1. The van der Waals surface area contributed by atoms with E-state index in [9.17, 15) is 9.59 Å². The van der Waals surface area contributed by atoms with Crippen LogP contribution in [0.3, 0.4) is 0 Å². The Hall–Kier alpha value is -2.62. The van der Waals surface area contributed by atoms with E-state index in [1.807, 2.05) is 30.3 Å². The van der Waals surface area contributed by atoms with E-state index in [2.05, 4.69) is 0 Å². The zero-order chi connectivity index (χ0) is 15.2. The van der Waals surface area contributed by atoms with Gasteiger partial charge in [0, 0.05) is 5.92 Å². The Kier molecular flexibility index (Phi) is 4.72. The zero-order valence-corrected chi connectivity index (χ0v) is 11.4. The van der Waals surface area contributed by atoms with Crippen molar-refractivity contribution < 1.29 is 19.8 Å². The van der Waals surface area contributed by atoms with Crippen LogP contribution in [0.15, 0.2) is 54.6 Å². The second kappa shape index (κ2) is 6.70. The lowest BCUT2D eigenvalue weighted by Crippen LogP contribution is -2.08. The number of rotatable bonds is 6. The summed E-state index contributed by atoms with van der Waals surface area (Å²) < 4.78 is 0. The van der Waals surface area contributed by atoms with Gasteiger partial charge in [-0.05, 0) is 16.7 Å². The minimum atomic E-state index is -0.882. The largest absolute Gasteiger partial charge is 0.481 e. The van der Waals surface area contributed by atoms with Crippen molar-refractivity contribution in [1.29, 1.82) is 0 Å². The number of hydrogen-bond acceptors (Lipinski definition) is 2. The lowest BCUT2D eigenvalue weighted by molar-refractivity contribution is -0.137. The summed E-state index contributed by atoms with van der Waals surface area (Å²) in [5.41, 5.74) is 2.51. The second-order valence-corrected chi connectivity index (χ2v) is 4.87. The van der Waals surface area contributed by atoms with E-state index >= 15 is 0 Å². The van der Waals surface area contributed by atoms with E-state index in [1.54, 1.807) is 24.3 Å². The van der Waals surface area contributed by atoms with Crippen LogP contribution in [0.1, 0.15) is 29.0 Å².